The zero-order chi connectivity index (χ0) is 10.7. The van der Waals surface area contributed by atoms with E-state index in [0.29, 0.717) is 5.92 Å². The Hall–Kier alpha value is 0.01000. The maximum absolute atomic E-state index is 6.30. The zero-order valence-electron chi connectivity index (χ0n) is 8.66. The number of halogens is 1. The minimum absolute atomic E-state index is 0.221. The molecule has 1 aromatic carbocycles. The minimum Gasteiger partial charge on any atom is -0.324 e. The van der Waals surface area contributed by atoms with Crippen LogP contribution in [0.4, 0.5) is 0 Å². The van der Waals surface area contributed by atoms with Gasteiger partial charge in [0, 0.05) is 10.5 Å². The fourth-order valence-electron chi connectivity index (χ4n) is 2.03. The fourth-order valence-corrected chi connectivity index (χ4v) is 3.44. The van der Waals surface area contributed by atoms with Gasteiger partial charge in [0.1, 0.15) is 0 Å². The summed E-state index contributed by atoms with van der Waals surface area (Å²) in [4.78, 5) is 0. The lowest BCUT2D eigenvalue weighted by Gasteiger charge is -2.27. The number of nitrogens with two attached hydrogens (primary N) is 1. The first-order valence-electron chi connectivity index (χ1n) is 5.36. The third kappa shape index (κ3) is 2.99. The molecular weight excluding hydrogens is 270 g/mol. The number of hydrogen-bond donors (Lipinski definition) is 1. The Bertz CT molecular complexity index is 306. The van der Waals surface area contributed by atoms with Crippen LogP contribution < -0.4 is 5.73 Å². The molecule has 0 aliphatic carbocycles. The molecule has 82 valence electrons. The van der Waals surface area contributed by atoms with Crippen molar-refractivity contribution in [1.82, 2.24) is 0 Å². The second kappa shape index (κ2) is 5.37. The molecule has 2 N–H and O–H groups in total. The van der Waals surface area contributed by atoms with Crippen molar-refractivity contribution in [2.75, 3.05) is 11.5 Å². The quantitative estimate of drug-likeness (QED) is 0.899. The highest BCUT2D eigenvalue weighted by Crippen LogP contribution is 2.32. The normalized spacial score (nSPS) is 20.1. The molecule has 0 amide bonds. The summed E-state index contributed by atoms with van der Waals surface area (Å²) in [5, 5.41) is 0. The predicted molar refractivity (Wildman–Crippen MR) is 71.1 cm³/mol. The minimum atomic E-state index is 0.221. The van der Waals surface area contributed by atoms with E-state index in [0.717, 1.165) is 4.47 Å². The van der Waals surface area contributed by atoms with Crippen molar-refractivity contribution >= 4 is 27.7 Å². The van der Waals surface area contributed by atoms with Gasteiger partial charge in [-0.15, -0.1) is 0 Å². The number of benzene rings is 1. The molecule has 0 spiro atoms. The summed E-state index contributed by atoms with van der Waals surface area (Å²) in [5.41, 5.74) is 7.57. The van der Waals surface area contributed by atoms with Crippen LogP contribution in [0, 0.1) is 5.92 Å². The summed E-state index contributed by atoms with van der Waals surface area (Å²) in [6.45, 7) is 0. The number of hydrogen-bond acceptors (Lipinski definition) is 2. The topological polar surface area (TPSA) is 26.0 Å². The maximum atomic E-state index is 6.30. The molecular formula is C12H16BrNS. The Morgan fingerprint density at radius 1 is 1.20 bits per heavy atom. The van der Waals surface area contributed by atoms with E-state index >= 15 is 0 Å². The Labute approximate surface area is 104 Å². The van der Waals surface area contributed by atoms with Crippen LogP contribution in [0.2, 0.25) is 0 Å². The van der Waals surface area contributed by atoms with Crippen LogP contribution in [0.5, 0.6) is 0 Å². The van der Waals surface area contributed by atoms with Crippen LogP contribution in [0.25, 0.3) is 0 Å². The lowest BCUT2D eigenvalue weighted by Crippen LogP contribution is -2.24. The Morgan fingerprint density at radius 3 is 2.40 bits per heavy atom. The van der Waals surface area contributed by atoms with Gasteiger partial charge in [0.2, 0.25) is 0 Å². The third-order valence-electron chi connectivity index (χ3n) is 3.03. The third-order valence-corrected chi connectivity index (χ3v) is 4.61. The van der Waals surface area contributed by atoms with Crippen LogP contribution >= 0.6 is 27.7 Å². The van der Waals surface area contributed by atoms with E-state index in [1.165, 1.54) is 29.9 Å². The van der Waals surface area contributed by atoms with Gasteiger partial charge in [-0.05, 0) is 48.0 Å². The molecule has 1 atom stereocenters. The first kappa shape index (κ1) is 11.5. The van der Waals surface area contributed by atoms with E-state index in [-0.39, 0.29) is 6.04 Å². The molecule has 1 heterocycles. The van der Waals surface area contributed by atoms with Crippen molar-refractivity contribution in [1.29, 1.82) is 0 Å². The van der Waals surface area contributed by atoms with E-state index in [2.05, 4.69) is 52.0 Å². The number of thioether (sulfide) groups is 1. The summed E-state index contributed by atoms with van der Waals surface area (Å²) < 4.78 is 1.12. The van der Waals surface area contributed by atoms with Gasteiger partial charge in [-0.2, -0.15) is 11.8 Å². The highest BCUT2D eigenvalue weighted by molar-refractivity contribution is 9.10. The van der Waals surface area contributed by atoms with Gasteiger partial charge in [0.25, 0.3) is 0 Å². The molecule has 1 aliphatic rings. The Balaban J connectivity index is 2.05. The molecule has 0 bridgehead atoms. The predicted octanol–water partition coefficient (Wildman–Crippen LogP) is 3.59. The van der Waals surface area contributed by atoms with Gasteiger partial charge in [0.05, 0.1) is 0 Å². The highest BCUT2D eigenvalue weighted by atomic mass is 79.9. The molecule has 0 saturated carbocycles. The molecule has 3 heteroatoms. The van der Waals surface area contributed by atoms with Gasteiger partial charge >= 0.3 is 0 Å². The average molecular weight is 286 g/mol. The molecule has 0 radical (unpaired) electrons. The molecule has 1 saturated heterocycles. The van der Waals surface area contributed by atoms with Gasteiger partial charge < -0.3 is 5.73 Å². The molecule has 1 fully saturated rings. The summed E-state index contributed by atoms with van der Waals surface area (Å²) >= 11 is 5.50. The summed E-state index contributed by atoms with van der Waals surface area (Å²) in [7, 11) is 0. The van der Waals surface area contributed by atoms with Crippen molar-refractivity contribution in [3.8, 4) is 0 Å². The van der Waals surface area contributed by atoms with Crippen LogP contribution in [-0.4, -0.2) is 11.5 Å². The Morgan fingerprint density at radius 2 is 1.80 bits per heavy atom. The van der Waals surface area contributed by atoms with E-state index in [9.17, 15) is 0 Å². The van der Waals surface area contributed by atoms with Crippen molar-refractivity contribution in [2.24, 2.45) is 11.7 Å². The molecule has 1 unspecified atom stereocenters. The smallest absolute Gasteiger partial charge is 0.0324 e. The zero-order valence-corrected chi connectivity index (χ0v) is 11.1. The summed E-state index contributed by atoms with van der Waals surface area (Å²) in [6.07, 6.45) is 2.53. The fraction of sp³-hybridized carbons (Fsp3) is 0.500. The van der Waals surface area contributed by atoms with Crippen molar-refractivity contribution in [2.45, 2.75) is 18.9 Å². The molecule has 1 aromatic rings. The van der Waals surface area contributed by atoms with Gasteiger partial charge in [-0.25, -0.2) is 0 Å². The Kier molecular flexibility index (Phi) is 4.12. The van der Waals surface area contributed by atoms with Crippen molar-refractivity contribution in [3.63, 3.8) is 0 Å². The van der Waals surface area contributed by atoms with Crippen LogP contribution in [0.15, 0.2) is 28.7 Å². The maximum Gasteiger partial charge on any atom is 0.0324 e. The molecule has 2 rings (SSSR count). The summed E-state index contributed by atoms with van der Waals surface area (Å²) in [5.74, 6) is 3.22. The second-order valence-corrected chi connectivity index (χ2v) is 6.17. The number of rotatable bonds is 2. The lowest BCUT2D eigenvalue weighted by molar-refractivity contribution is 0.404. The molecule has 15 heavy (non-hydrogen) atoms. The largest absolute Gasteiger partial charge is 0.324 e. The SMILES string of the molecule is NC(c1ccc(Br)cc1)C1CCSCC1. The van der Waals surface area contributed by atoms with Gasteiger partial charge in [-0.3, -0.25) is 0 Å². The van der Waals surface area contributed by atoms with E-state index in [1.54, 1.807) is 0 Å². The van der Waals surface area contributed by atoms with Crippen LogP contribution in [0.1, 0.15) is 24.4 Å². The van der Waals surface area contributed by atoms with E-state index in [1.807, 2.05) is 0 Å². The van der Waals surface area contributed by atoms with E-state index in [4.69, 9.17) is 5.73 Å². The van der Waals surface area contributed by atoms with Crippen molar-refractivity contribution < 1.29 is 0 Å². The van der Waals surface area contributed by atoms with Crippen molar-refractivity contribution in [3.05, 3.63) is 34.3 Å². The lowest BCUT2D eigenvalue weighted by atomic mass is 9.89. The van der Waals surface area contributed by atoms with E-state index < -0.39 is 0 Å². The van der Waals surface area contributed by atoms with Gasteiger partial charge in [0.15, 0.2) is 0 Å². The highest BCUT2D eigenvalue weighted by Gasteiger charge is 2.21. The standard InChI is InChI=1S/C12H16BrNS/c13-11-3-1-9(2-4-11)12(14)10-5-7-15-8-6-10/h1-4,10,12H,5-8,14H2. The van der Waals surface area contributed by atoms with Gasteiger partial charge in [-0.1, -0.05) is 28.1 Å². The second-order valence-electron chi connectivity index (χ2n) is 4.03. The monoisotopic (exact) mass is 285 g/mol. The van der Waals surface area contributed by atoms with Crippen LogP contribution in [-0.2, 0) is 0 Å². The summed E-state index contributed by atoms with van der Waals surface area (Å²) in [6, 6.07) is 8.64. The molecule has 1 aliphatic heterocycles. The van der Waals surface area contributed by atoms with Crippen LogP contribution in [0.3, 0.4) is 0 Å². The molecule has 0 aromatic heterocycles. The first-order valence-corrected chi connectivity index (χ1v) is 7.31. The molecule has 1 nitrogen and oxygen atoms in total. The average Bonchev–Trinajstić information content (AvgIpc) is 2.30. The first-order chi connectivity index (χ1) is 7.27.